The highest BCUT2D eigenvalue weighted by molar-refractivity contribution is 6.31. The molecule has 110 valence electrons. The average molecular weight is 303 g/mol. The molecule has 1 aromatic rings. The summed E-state index contributed by atoms with van der Waals surface area (Å²) in [5.41, 5.74) is 0.0511. The lowest BCUT2D eigenvalue weighted by Crippen LogP contribution is -2.42. The van der Waals surface area contributed by atoms with E-state index in [1.807, 2.05) is 0 Å². The lowest BCUT2D eigenvalue weighted by Gasteiger charge is -2.27. The summed E-state index contributed by atoms with van der Waals surface area (Å²) in [6.07, 6.45) is -0.163. The molecule has 0 aromatic heterocycles. The Balaban J connectivity index is 1.91. The molecule has 20 heavy (non-hydrogen) atoms. The largest absolute Gasteiger partial charge is 0.376 e. The molecule has 0 saturated carbocycles. The third-order valence-electron chi connectivity index (χ3n) is 2.90. The van der Waals surface area contributed by atoms with Gasteiger partial charge in [0, 0.05) is 7.05 Å². The lowest BCUT2D eigenvalue weighted by atomic mass is 10.3. The molecule has 0 unspecified atom stereocenters. The summed E-state index contributed by atoms with van der Waals surface area (Å²) in [7, 11) is 1.61. The number of carbonyl (C=O) groups is 1. The number of anilines is 1. The van der Waals surface area contributed by atoms with Crippen molar-refractivity contribution < 1.29 is 18.7 Å². The molecular weight excluding hydrogens is 287 g/mol. The normalized spacial score (nSPS) is 18.6. The highest BCUT2D eigenvalue weighted by Gasteiger charge is 2.20. The Bertz CT molecular complexity index is 481. The Morgan fingerprint density at radius 1 is 1.55 bits per heavy atom. The minimum Gasteiger partial charge on any atom is -0.376 e. The van der Waals surface area contributed by atoms with Crippen LogP contribution in [0.4, 0.5) is 14.9 Å². The minimum absolute atomic E-state index is 0.0329. The predicted molar refractivity (Wildman–Crippen MR) is 73.6 cm³/mol. The highest BCUT2D eigenvalue weighted by Crippen LogP contribution is 2.22. The molecule has 0 radical (unpaired) electrons. The van der Waals surface area contributed by atoms with Gasteiger partial charge in [0.15, 0.2) is 5.82 Å². The predicted octanol–water partition coefficient (Wildman–Crippen LogP) is 2.36. The van der Waals surface area contributed by atoms with Crippen LogP contribution in [0, 0.1) is 5.82 Å². The topological polar surface area (TPSA) is 50.8 Å². The van der Waals surface area contributed by atoms with Crippen LogP contribution in [-0.2, 0) is 9.47 Å². The van der Waals surface area contributed by atoms with Crippen molar-refractivity contribution in [3.8, 4) is 0 Å². The standard InChI is InChI=1S/C13H16ClFN2O3/c1-17(7-9-8-19-5-6-20-9)13(18)16-11-4-2-3-10(14)12(11)15/h2-4,9H,5-8H2,1H3,(H,16,18)/t9-/m0/s1. The number of urea groups is 1. The Labute approximate surface area is 121 Å². The summed E-state index contributed by atoms with van der Waals surface area (Å²) in [5.74, 6) is -0.645. The van der Waals surface area contributed by atoms with Crippen LogP contribution in [0.2, 0.25) is 5.02 Å². The first kappa shape index (κ1) is 15.0. The molecule has 0 spiro atoms. The summed E-state index contributed by atoms with van der Waals surface area (Å²) in [6, 6.07) is 4.01. The minimum atomic E-state index is -0.645. The Kier molecular flexibility index (Phi) is 5.17. The summed E-state index contributed by atoms with van der Waals surface area (Å²) in [5, 5.41) is 2.44. The van der Waals surface area contributed by atoms with Crippen LogP contribution in [-0.4, -0.2) is 50.4 Å². The van der Waals surface area contributed by atoms with E-state index in [0.717, 1.165) is 0 Å². The molecule has 1 aromatic carbocycles. The van der Waals surface area contributed by atoms with Gasteiger partial charge in [-0.2, -0.15) is 0 Å². The van der Waals surface area contributed by atoms with E-state index in [2.05, 4.69) is 5.32 Å². The van der Waals surface area contributed by atoms with Crippen LogP contribution >= 0.6 is 11.6 Å². The van der Waals surface area contributed by atoms with Crippen molar-refractivity contribution in [2.75, 3.05) is 38.7 Å². The van der Waals surface area contributed by atoms with Gasteiger partial charge in [0.2, 0.25) is 0 Å². The number of carbonyl (C=O) groups excluding carboxylic acids is 1. The third-order valence-corrected chi connectivity index (χ3v) is 3.19. The van der Waals surface area contributed by atoms with Gasteiger partial charge in [0.05, 0.1) is 43.2 Å². The van der Waals surface area contributed by atoms with E-state index in [4.69, 9.17) is 21.1 Å². The van der Waals surface area contributed by atoms with Crippen LogP contribution in [0.3, 0.4) is 0 Å². The van der Waals surface area contributed by atoms with Crippen molar-refractivity contribution in [3.63, 3.8) is 0 Å². The van der Waals surface area contributed by atoms with E-state index >= 15 is 0 Å². The molecule has 2 amide bonds. The molecular formula is C13H16ClFN2O3. The van der Waals surface area contributed by atoms with Crippen molar-refractivity contribution in [1.29, 1.82) is 0 Å². The number of hydrogen-bond acceptors (Lipinski definition) is 3. The zero-order valence-corrected chi connectivity index (χ0v) is 11.8. The second-order valence-electron chi connectivity index (χ2n) is 4.48. The number of amides is 2. The average Bonchev–Trinajstić information content (AvgIpc) is 2.45. The van der Waals surface area contributed by atoms with E-state index in [1.165, 1.54) is 17.0 Å². The van der Waals surface area contributed by atoms with E-state index in [9.17, 15) is 9.18 Å². The number of rotatable bonds is 3. The van der Waals surface area contributed by atoms with Crippen LogP contribution in [0.1, 0.15) is 0 Å². The molecule has 7 heteroatoms. The Hall–Kier alpha value is -1.37. The molecule has 1 saturated heterocycles. The monoisotopic (exact) mass is 302 g/mol. The van der Waals surface area contributed by atoms with Gasteiger partial charge in [0.25, 0.3) is 0 Å². The van der Waals surface area contributed by atoms with E-state index in [0.29, 0.717) is 26.4 Å². The van der Waals surface area contributed by atoms with Gasteiger partial charge < -0.3 is 19.7 Å². The number of nitrogens with zero attached hydrogens (tertiary/aromatic N) is 1. The fourth-order valence-corrected chi connectivity index (χ4v) is 2.02. The smallest absolute Gasteiger partial charge is 0.321 e. The van der Waals surface area contributed by atoms with Crippen LogP contribution < -0.4 is 5.32 Å². The summed E-state index contributed by atoms with van der Waals surface area (Å²) >= 11 is 5.66. The van der Waals surface area contributed by atoms with Gasteiger partial charge >= 0.3 is 6.03 Å². The van der Waals surface area contributed by atoms with E-state index < -0.39 is 11.8 Å². The van der Waals surface area contributed by atoms with Crippen LogP contribution in [0.25, 0.3) is 0 Å². The summed E-state index contributed by atoms with van der Waals surface area (Å²) in [6.45, 7) is 1.90. The second kappa shape index (κ2) is 6.88. The lowest BCUT2D eigenvalue weighted by molar-refractivity contribution is -0.0925. The number of likely N-dealkylation sites (N-methyl/N-ethyl adjacent to an activating group) is 1. The first-order valence-electron chi connectivity index (χ1n) is 6.23. The van der Waals surface area contributed by atoms with Gasteiger partial charge in [-0.05, 0) is 12.1 Å². The van der Waals surface area contributed by atoms with E-state index in [1.54, 1.807) is 13.1 Å². The maximum Gasteiger partial charge on any atom is 0.321 e. The number of hydrogen-bond donors (Lipinski definition) is 1. The van der Waals surface area contributed by atoms with Crippen LogP contribution in [0.15, 0.2) is 18.2 Å². The molecule has 1 aliphatic heterocycles. The molecule has 0 aliphatic carbocycles. The zero-order valence-electron chi connectivity index (χ0n) is 11.1. The fraction of sp³-hybridized carbons (Fsp3) is 0.462. The second-order valence-corrected chi connectivity index (χ2v) is 4.89. The zero-order chi connectivity index (χ0) is 14.5. The van der Waals surface area contributed by atoms with Crippen molar-refractivity contribution in [2.24, 2.45) is 0 Å². The van der Waals surface area contributed by atoms with E-state index in [-0.39, 0.29) is 16.8 Å². The van der Waals surface area contributed by atoms with Gasteiger partial charge in [-0.1, -0.05) is 17.7 Å². The molecule has 1 atom stereocenters. The highest BCUT2D eigenvalue weighted by atomic mass is 35.5. The number of ether oxygens (including phenoxy) is 2. The van der Waals surface area contributed by atoms with Gasteiger partial charge in [-0.15, -0.1) is 0 Å². The van der Waals surface area contributed by atoms with Crippen LogP contribution in [0.5, 0.6) is 0 Å². The van der Waals surface area contributed by atoms with Crippen molar-refractivity contribution in [2.45, 2.75) is 6.10 Å². The Morgan fingerprint density at radius 2 is 2.35 bits per heavy atom. The molecule has 0 bridgehead atoms. The van der Waals surface area contributed by atoms with Crippen molar-refractivity contribution in [3.05, 3.63) is 29.0 Å². The maximum absolute atomic E-state index is 13.7. The van der Waals surface area contributed by atoms with Gasteiger partial charge in [0.1, 0.15) is 0 Å². The molecule has 1 aliphatic rings. The summed E-state index contributed by atoms with van der Waals surface area (Å²) in [4.78, 5) is 13.4. The first-order valence-corrected chi connectivity index (χ1v) is 6.61. The van der Waals surface area contributed by atoms with Crippen molar-refractivity contribution in [1.82, 2.24) is 4.90 Å². The third kappa shape index (κ3) is 3.82. The number of benzene rings is 1. The Morgan fingerprint density at radius 3 is 3.05 bits per heavy atom. The molecule has 2 rings (SSSR count). The quantitative estimate of drug-likeness (QED) is 0.932. The van der Waals surface area contributed by atoms with Crippen molar-refractivity contribution >= 4 is 23.3 Å². The molecule has 1 N–H and O–H groups in total. The first-order chi connectivity index (χ1) is 9.58. The maximum atomic E-state index is 13.7. The molecule has 1 heterocycles. The van der Waals surface area contributed by atoms with Gasteiger partial charge in [-0.3, -0.25) is 0 Å². The fourth-order valence-electron chi connectivity index (χ4n) is 1.84. The van der Waals surface area contributed by atoms with Gasteiger partial charge in [-0.25, -0.2) is 9.18 Å². The molecule has 5 nitrogen and oxygen atoms in total. The summed E-state index contributed by atoms with van der Waals surface area (Å²) < 4.78 is 24.4. The SMILES string of the molecule is CN(C[C@H]1COCCO1)C(=O)Nc1cccc(Cl)c1F. The number of halogens is 2. The number of nitrogens with one attached hydrogen (secondary N) is 1. The molecule has 1 fully saturated rings.